The molecular weight excluding hydrogens is 741 g/mol. The Kier molecular flexibility index (Phi) is 14.2. The van der Waals surface area contributed by atoms with Crippen LogP contribution in [0.1, 0.15) is 97.6 Å². The number of nitrogens with zero attached hydrogens (tertiary/aromatic N) is 2. The average molecular weight is 798 g/mol. The minimum atomic E-state index is -4.40. The second-order valence-electron chi connectivity index (χ2n) is 15.2. The van der Waals surface area contributed by atoms with Crippen LogP contribution in [0.25, 0.3) is 0 Å². The van der Waals surface area contributed by atoms with E-state index in [1.807, 2.05) is 65.0 Å². The number of hydrogen-bond acceptors (Lipinski definition) is 8. The third-order valence-electron chi connectivity index (χ3n) is 10.7. The molecule has 2 aliphatic heterocycles. The van der Waals surface area contributed by atoms with Crippen LogP contribution in [-0.2, 0) is 40.7 Å². The molecule has 2 heterocycles. The largest absolute Gasteiger partial charge is 0.356 e. The van der Waals surface area contributed by atoms with Crippen LogP contribution in [0.2, 0.25) is 0 Å². The summed E-state index contributed by atoms with van der Waals surface area (Å²) in [6.45, 7) is 13.6. The summed E-state index contributed by atoms with van der Waals surface area (Å²) in [5, 5.41) is 5.99. The van der Waals surface area contributed by atoms with Crippen LogP contribution in [0.5, 0.6) is 0 Å². The van der Waals surface area contributed by atoms with E-state index in [0.717, 1.165) is 72.4 Å². The first-order valence-electron chi connectivity index (χ1n) is 18.9. The molecule has 0 saturated heterocycles. The van der Waals surface area contributed by atoms with Gasteiger partial charge in [0, 0.05) is 60.4 Å². The van der Waals surface area contributed by atoms with Gasteiger partial charge in [-0.15, -0.1) is 0 Å². The number of hydrogen-bond donors (Lipinski definition) is 4. The molecule has 4 rings (SSSR count). The molecule has 2 aromatic rings. The number of unbranched alkanes of at least 4 members (excludes halogenated alkanes) is 3. The number of Topliss-reactive ketones (excluding diaryl/α,β-unsaturated/α-hetero) is 1. The number of carbonyl (C=O) groups is 2. The molecule has 1 amide bonds. The number of anilines is 1. The molecule has 1 atom stereocenters. The molecular formula is C41H57N4O8S2+. The van der Waals surface area contributed by atoms with Crippen molar-refractivity contribution in [2.45, 2.75) is 113 Å². The van der Waals surface area contributed by atoms with E-state index in [1.54, 1.807) is 26.1 Å². The monoisotopic (exact) mass is 797 g/mol. The van der Waals surface area contributed by atoms with Gasteiger partial charge in [-0.1, -0.05) is 32.1 Å². The fraction of sp³-hybridized carbons (Fsp3) is 0.488. The lowest BCUT2D eigenvalue weighted by Crippen LogP contribution is -2.32. The van der Waals surface area contributed by atoms with Gasteiger partial charge >= 0.3 is 0 Å². The van der Waals surface area contributed by atoms with Crippen molar-refractivity contribution in [3.63, 3.8) is 0 Å². The van der Waals surface area contributed by atoms with Gasteiger partial charge in [0.1, 0.15) is 12.3 Å². The Morgan fingerprint density at radius 2 is 1.51 bits per heavy atom. The predicted octanol–water partition coefficient (Wildman–Crippen LogP) is 6.39. The van der Waals surface area contributed by atoms with Crippen LogP contribution in [0, 0.1) is 0 Å². The normalized spacial score (nSPS) is 17.7. The number of allylic oxidation sites excluding steroid dienone is 6. The highest BCUT2D eigenvalue weighted by Gasteiger charge is 2.45. The van der Waals surface area contributed by atoms with Crippen LogP contribution in [-0.4, -0.2) is 80.6 Å². The number of nitrogens with one attached hydrogen (secondary N) is 2. The molecule has 55 heavy (non-hydrogen) atoms. The van der Waals surface area contributed by atoms with E-state index in [-0.39, 0.29) is 27.5 Å². The van der Waals surface area contributed by atoms with Crippen molar-refractivity contribution >= 4 is 49.0 Å². The van der Waals surface area contributed by atoms with E-state index in [4.69, 9.17) is 0 Å². The number of amides is 1. The fourth-order valence-electron chi connectivity index (χ4n) is 7.64. The number of ketones is 1. The Morgan fingerprint density at radius 1 is 0.855 bits per heavy atom. The van der Waals surface area contributed by atoms with Gasteiger partial charge in [-0.2, -0.15) is 21.4 Å². The van der Waals surface area contributed by atoms with Gasteiger partial charge in [0.25, 0.3) is 20.2 Å². The van der Waals surface area contributed by atoms with Gasteiger partial charge in [0.15, 0.2) is 5.71 Å². The first kappa shape index (κ1) is 43.8. The van der Waals surface area contributed by atoms with Gasteiger partial charge in [-0.05, 0) is 109 Å². The fourth-order valence-corrected chi connectivity index (χ4v) is 8.66. The maximum absolute atomic E-state index is 12.5. The Balaban J connectivity index is 1.47. The molecule has 0 radical (unpaired) electrons. The number of carbonyl (C=O) groups excluding carboxylic acids is 2. The van der Waals surface area contributed by atoms with Gasteiger partial charge in [-0.3, -0.25) is 18.7 Å². The summed E-state index contributed by atoms with van der Waals surface area (Å²) in [6, 6.07) is 9.21. The van der Waals surface area contributed by atoms with Gasteiger partial charge in [-0.25, -0.2) is 0 Å². The molecule has 0 spiro atoms. The number of rotatable bonds is 19. The van der Waals surface area contributed by atoms with Gasteiger partial charge in [0.2, 0.25) is 11.6 Å². The third kappa shape index (κ3) is 10.3. The van der Waals surface area contributed by atoms with Crippen molar-refractivity contribution in [3.05, 3.63) is 83.6 Å². The lowest BCUT2D eigenvalue weighted by atomic mass is 9.81. The molecule has 0 aromatic heterocycles. The average Bonchev–Trinajstić information content (AvgIpc) is 3.45. The van der Waals surface area contributed by atoms with Gasteiger partial charge in [0.05, 0.1) is 21.2 Å². The summed E-state index contributed by atoms with van der Waals surface area (Å²) in [4.78, 5) is 25.9. The van der Waals surface area contributed by atoms with Gasteiger partial charge < -0.3 is 15.5 Å². The number of fused-ring (bicyclic) bond motifs is 2. The first-order chi connectivity index (χ1) is 25.7. The minimum absolute atomic E-state index is 0.00820. The molecule has 2 aliphatic rings. The lowest BCUT2D eigenvalue weighted by molar-refractivity contribution is -0.438. The zero-order chi connectivity index (χ0) is 40.8. The van der Waals surface area contributed by atoms with E-state index in [2.05, 4.69) is 20.1 Å². The van der Waals surface area contributed by atoms with E-state index in [1.165, 1.54) is 24.3 Å². The molecule has 0 saturated carbocycles. The van der Waals surface area contributed by atoms with Crippen LogP contribution in [0.4, 0.5) is 11.4 Å². The molecule has 4 N–H and O–H groups in total. The molecule has 14 heteroatoms. The Hall–Kier alpha value is -3.95. The molecule has 0 bridgehead atoms. The standard InChI is InChI=1S/C41H56N4O8S2/c1-8-44-35-23-21-30(54(48,49)50)27-32(35)40(3,4)37(44)18-11-9-12-19-38-41(5,6)33-28-31(55(51,52)53)22-24-36(33)45(38)26-16-10-13-20-39(47)43-25-15-14-17-34(42-7)29(2)46/h9,11-12,18-19,21-24,27-28,34,42H,8,10,13-17,20,25-26H2,1-7H3,(H2-,43,47,48,49,50,51,52,53)/p+1/t34-/m0/s1. The summed E-state index contributed by atoms with van der Waals surface area (Å²) >= 11 is 0. The van der Waals surface area contributed by atoms with E-state index < -0.39 is 31.1 Å². The van der Waals surface area contributed by atoms with Crippen molar-refractivity contribution in [2.75, 3.05) is 31.6 Å². The summed E-state index contributed by atoms with van der Waals surface area (Å²) in [7, 11) is -6.98. The molecule has 2 aromatic carbocycles. The van der Waals surface area contributed by atoms with Crippen molar-refractivity contribution in [2.24, 2.45) is 0 Å². The molecule has 0 fully saturated rings. The Bertz CT molecular complexity index is 2120. The molecule has 0 unspecified atom stereocenters. The second kappa shape index (κ2) is 17.9. The topological polar surface area (TPSA) is 173 Å². The SMILES string of the molecule is CCN1\C(=C/C=C/C=C/C2=[N+](CCCCCC(=O)NCCCC[C@H](NC)C(C)=O)c3ccc(S(=O)(=O)O)cc3C2(C)C)C(C)(C)c2cc(S(=O)(=O)O)ccc21. The minimum Gasteiger partial charge on any atom is -0.356 e. The number of likely N-dealkylation sites (N-methyl/N-ethyl adjacent to an activating group) is 2. The van der Waals surface area contributed by atoms with Crippen molar-refractivity contribution in [1.82, 2.24) is 10.6 Å². The highest BCUT2D eigenvalue weighted by molar-refractivity contribution is 7.86. The van der Waals surface area contributed by atoms with Crippen LogP contribution >= 0.6 is 0 Å². The second-order valence-corrected chi connectivity index (χ2v) is 18.1. The quantitative estimate of drug-likeness (QED) is 0.0540. The molecule has 300 valence electrons. The molecule has 0 aliphatic carbocycles. The van der Waals surface area contributed by atoms with Crippen molar-refractivity contribution in [1.29, 1.82) is 0 Å². The maximum atomic E-state index is 12.5. The van der Waals surface area contributed by atoms with Crippen molar-refractivity contribution < 1.29 is 40.1 Å². The summed E-state index contributed by atoms with van der Waals surface area (Å²) in [5.74, 6) is 0.124. The Morgan fingerprint density at radius 3 is 2.13 bits per heavy atom. The van der Waals surface area contributed by atoms with E-state index in [0.29, 0.717) is 26.1 Å². The highest BCUT2D eigenvalue weighted by Crippen LogP contribution is 2.48. The molecule has 12 nitrogen and oxygen atoms in total. The maximum Gasteiger partial charge on any atom is 0.294 e. The van der Waals surface area contributed by atoms with E-state index in [9.17, 15) is 35.5 Å². The van der Waals surface area contributed by atoms with Crippen LogP contribution in [0.15, 0.2) is 82.3 Å². The van der Waals surface area contributed by atoms with Crippen LogP contribution < -0.4 is 15.5 Å². The number of benzene rings is 2. The first-order valence-corrected chi connectivity index (χ1v) is 21.8. The van der Waals surface area contributed by atoms with Crippen molar-refractivity contribution in [3.8, 4) is 0 Å². The summed E-state index contributed by atoms with van der Waals surface area (Å²) in [5.41, 5.74) is 4.15. The predicted molar refractivity (Wildman–Crippen MR) is 217 cm³/mol. The smallest absolute Gasteiger partial charge is 0.294 e. The lowest BCUT2D eigenvalue weighted by Gasteiger charge is -2.25. The van der Waals surface area contributed by atoms with E-state index >= 15 is 0 Å². The van der Waals surface area contributed by atoms with Crippen LogP contribution in [0.3, 0.4) is 0 Å². The highest BCUT2D eigenvalue weighted by atomic mass is 32.2. The zero-order valence-corrected chi connectivity index (χ0v) is 34.7. The summed E-state index contributed by atoms with van der Waals surface area (Å²) in [6.07, 6.45) is 14.9. The Labute approximate surface area is 327 Å². The third-order valence-corrected chi connectivity index (χ3v) is 12.4. The summed E-state index contributed by atoms with van der Waals surface area (Å²) < 4.78 is 69.5. The zero-order valence-electron chi connectivity index (χ0n) is 33.1.